The molecule has 0 aliphatic carbocycles. The van der Waals surface area contributed by atoms with Crippen LogP contribution in [0.25, 0.3) is 0 Å². The molecular formula is C11H10Cl2O4. The van der Waals surface area contributed by atoms with E-state index in [1.807, 2.05) is 0 Å². The van der Waals surface area contributed by atoms with Gasteiger partial charge in [0.2, 0.25) is 0 Å². The van der Waals surface area contributed by atoms with E-state index in [2.05, 4.69) is 0 Å². The second-order valence-corrected chi connectivity index (χ2v) is 4.52. The second kappa shape index (κ2) is 5.12. The summed E-state index contributed by atoms with van der Waals surface area (Å²) >= 11 is 11.7. The summed E-state index contributed by atoms with van der Waals surface area (Å²) in [5.74, 6) is -0.970. The van der Waals surface area contributed by atoms with Gasteiger partial charge < -0.3 is 14.6 Å². The summed E-state index contributed by atoms with van der Waals surface area (Å²) in [5.41, 5.74) is -0.0330. The highest BCUT2D eigenvalue weighted by Crippen LogP contribution is 2.34. The zero-order chi connectivity index (χ0) is 12.4. The predicted octanol–water partition coefficient (Wildman–Crippen LogP) is 2.86. The number of hydrogen-bond donors (Lipinski definition) is 1. The molecule has 0 amide bonds. The lowest BCUT2D eigenvalue weighted by Gasteiger charge is -2.15. The van der Waals surface area contributed by atoms with Crippen LogP contribution < -0.4 is 4.74 Å². The summed E-state index contributed by atoms with van der Waals surface area (Å²) in [7, 11) is 0. The summed E-state index contributed by atoms with van der Waals surface area (Å²) in [6.45, 7) is 1.05. The molecule has 1 N–H and O–H groups in total. The first kappa shape index (κ1) is 12.5. The van der Waals surface area contributed by atoms with Gasteiger partial charge in [-0.2, -0.15) is 0 Å². The molecular weight excluding hydrogens is 267 g/mol. The Morgan fingerprint density at radius 3 is 2.82 bits per heavy atom. The van der Waals surface area contributed by atoms with Gasteiger partial charge in [-0.3, -0.25) is 0 Å². The third-order valence-corrected chi connectivity index (χ3v) is 2.91. The minimum Gasteiger partial charge on any atom is -0.485 e. The molecule has 0 spiro atoms. The van der Waals surface area contributed by atoms with Crippen molar-refractivity contribution < 1.29 is 19.4 Å². The van der Waals surface area contributed by atoms with Crippen molar-refractivity contribution in [2.75, 3.05) is 13.2 Å². The van der Waals surface area contributed by atoms with Crippen LogP contribution in [0.15, 0.2) is 12.1 Å². The Morgan fingerprint density at radius 1 is 1.47 bits per heavy atom. The zero-order valence-corrected chi connectivity index (χ0v) is 10.3. The predicted molar refractivity (Wildman–Crippen MR) is 63.3 cm³/mol. The summed E-state index contributed by atoms with van der Waals surface area (Å²) < 4.78 is 10.7. The number of aromatic carboxylic acids is 1. The Balaban J connectivity index is 2.33. The molecule has 6 heteroatoms. The van der Waals surface area contributed by atoms with Crippen LogP contribution in [0.2, 0.25) is 10.0 Å². The monoisotopic (exact) mass is 276 g/mol. The fourth-order valence-corrected chi connectivity index (χ4v) is 2.15. The van der Waals surface area contributed by atoms with Gasteiger partial charge in [0, 0.05) is 11.4 Å². The van der Waals surface area contributed by atoms with E-state index in [1.165, 1.54) is 12.1 Å². The van der Waals surface area contributed by atoms with Crippen LogP contribution >= 0.6 is 23.2 Å². The molecule has 1 unspecified atom stereocenters. The molecule has 0 saturated carbocycles. The van der Waals surface area contributed by atoms with Crippen LogP contribution in [-0.2, 0) is 4.74 Å². The minimum atomic E-state index is -1.12. The average Bonchev–Trinajstić information content (AvgIpc) is 2.74. The van der Waals surface area contributed by atoms with Gasteiger partial charge in [-0.05, 0) is 12.1 Å². The van der Waals surface area contributed by atoms with Gasteiger partial charge in [-0.15, -0.1) is 0 Å². The molecule has 17 heavy (non-hydrogen) atoms. The zero-order valence-electron chi connectivity index (χ0n) is 8.78. The molecule has 1 aromatic carbocycles. The van der Waals surface area contributed by atoms with E-state index in [9.17, 15) is 4.79 Å². The van der Waals surface area contributed by atoms with Crippen molar-refractivity contribution >= 4 is 29.2 Å². The second-order valence-electron chi connectivity index (χ2n) is 3.67. The fourth-order valence-electron chi connectivity index (χ4n) is 1.61. The maximum absolute atomic E-state index is 11.1. The molecule has 1 heterocycles. The third-order valence-electron chi connectivity index (χ3n) is 2.41. The van der Waals surface area contributed by atoms with Crippen molar-refractivity contribution in [3.8, 4) is 5.75 Å². The number of benzene rings is 1. The Labute approximate surface area is 108 Å². The highest BCUT2D eigenvalue weighted by Gasteiger charge is 2.23. The van der Waals surface area contributed by atoms with Crippen molar-refractivity contribution in [3.05, 3.63) is 27.7 Å². The van der Waals surface area contributed by atoms with Crippen LogP contribution in [0.5, 0.6) is 5.75 Å². The molecule has 1 saturated heterocycles. The highest BCUT2D eigenvalue weighted by molar-refractivity contribution is 6.36. The van der Waals surface area contributed by atoms with Gasteiger partial charge in [0.05, 0.1) is 18.2 Å². The number of ether oxygens (including phenoxy) is 2. The number of hydrogen-bond acceptors (Lipinski definition) is 3. The van der Waals surface area contributed by atoms with E-state index in [0.717, 1.165) is 6.42 Å². The SMILES string of the molecule is O=C(O)c1cc(Cl)cc(Cl)c1OC1CCOC1. The Morgan fingerprint density at radius 2 is 2.24 bits per heavy atom. The number of halogens is 2. The molecule has 2 rings (SSSR count). The Kier molecular flexibility index (Phi) is 3.76. The van der Waals surface area contributed by atoms with Gasteiger partial charge in [0.15, 0.2) is 5.75 Å². The lowest BCUT2D eigenvalue weighted by Crippen LogP contribution is -2.17. The van der Waals surface area contributed by atoms with Gasteiger partial charge in [0.25, 0.3) is 0 Å². The Hall–Kier alpha value is -0.970. The molecule has 0 bridgehead atoms. The lowest BCUT2D eigenvalue weighted by atomic mass is 10.2. The van der Waals surface area contributed by atoms with E-state index < -0.39 is 5.97 Å². The number of carboxylic acids is 1. The quantitative estimate of drug-likeness (QED) is 0.923. The maximum Gasteiger partial charge on any atom is 0.339 e. The molecule has 0 aromatic heterocycles. The highest BCUT2D eigenvalue weighted by atomic mass is 35.5. The van der Waals surface area contributed by atoms with Gasteiger partial charge >= 0.3 is 5.97 Å². The van der Waals surface area contributed by atoms with Crippen molar-refractivity contribution in [1.82, 2.24) is 0 Å². The molecule has 4 nitrogen and oxygen atoms in total. The molecule has 1 atom stereocenters. The van der Waals surface area contributed by atoms with E-state index in [1.54, 1.807) is 0 Å². The topological polar surface area (TPSA) is 55.8 Å². The first-order valence-corrected chi connectivity index (χ1v) is 5.80. The van der Waals surface area contributed by atoms with E-state index in [-0.39, 0.29) is 27.5 Å². The van der Waals surface area contributed by atoms with Crippen molar-refractivity contribution in [2.24, 2.45) is 0 Å². The average molecular weight is 277 g/mol. The van der Waals surface area contributed by atoms with Gasteiger partial charge in [-0.1, -0.05) is 23.2 Å². The lowest BCUT2D eigenvalue weighted by molar-refractivity contribution is 0.0687. The third kappa shape index (κ3) is 2.83. The fraction of sp³-hybridized carbons (Fsp3) is 0.364. The van der Waals surface area contributed by atoms with Crippen molar-refractivity contribution in [1.29, 1.82) is 0 Å². The smallest absolute Gasteiger partial charge is 0.339 e. The number of carbonyl (C=O) groups is 1. The van der Waals surface area contributed by atoms with Crippen LogP contribution in [-0.4, -0.2) is 30.4 Å². The molecule has 0 radical (unpaired) electrons. The molecule has 1 aromatic rings. The minimum absolute atomic E-state index is 0.0330. The first-order chi connectivity index (χ1) is 8.08. The maximum atomic E-state index is 11.1. The van der Waals surface area contributed by atoms with Crippen molar-refractivity contribution in [3.63, 3.8) is 0 Å². The largest absolute Gasteiger partial charge is 0.485 e. The van der Waals surface area contributed by atoms with Gasteiger partial charge in [0.1, 0.15) is 11.7 Å². The van der Waals surface area contributed by atoms with Crippen molar-refractivity contribution in [2.45, 2.75) is 12.5 Å². The Bertz CT molecular complexity index is 441. The number of rotatable bonds is 3. The molecule has 92 valence electrons. The van der Waals surface area contributed by atoms with Crippen LogP contribution in [0, 0.1) is 0 Å². The van der Waals surface area contributed by atoms with Gasteiger partial charge in [-0.25, -0.2) is 4.79 Å². The summed E-state index contributed by atoms with van der Waals surface area (Å²) in [4.78, 5) is 11.1. The summed E-state index contributed by atoms with van der Waals surface area (Å²) in [5, 5.41) is 9.52. The summed E-state index contributed by atoms with van der Waals surface area (Å²) in [6, 6.07) is 2.78. The summed E-state index contributed by atoms with van der Waals surface area (Å²) in [6.07, 6.45) is 0.560. The molecule has 1 aliphatic heterocycles. The number of carboxylic acid groups (broad SMARTS) is 1. The molecule has 1 aliphatic rings. The van der Waals surface area contributed by atoms with Crippen LogP contribution in [0.1, 0.15) is 16.8 Å². The standard InChI is InChI=1S/C11H10Cl2O4/c12-6-3-8(11(14)15)10(9(13)4-6)17-7-1-2-16-5-7/h3-4,7H,1-2,5H2,(H,14,15). The van der Waals surface area contributed by atoms with E-state index in [0.29, 0.717) is 13.2 Å². The molecule has 1 fully saturated rings. The van der Waals surface area contributed by atoms with E-state index in [4.69, 9.17) is 37.8 Å². The van der Waals surface area contributed by atoms with Crippen LogP contribution in [0.4, 0.5) is 0 Å². The van der Waals surface area contributed by atoms with E-state index >= 15 is 0 Å². The first-order valence-electron chi connectivity index (χ1n) is 5.04. The normalized spacial score (nSPS) is 19.3. The van der Waals surface area contributed by atoms with Crippen LogP contribution in [0.3, 0.4) is 0 Å².